The molecule has 0 atom stereocenters. The smallest absolute Gasteiger partial charge is 0.401 e. The standard InChI is InChI=1S/C10H16F3NO2/c11-10(12,13)7-14-6-9(15)16-8-4-2-1-3-5-8/h8,14H,1-7H2. The molecule has 0 aromatic heterocycles. The van der Waals surface area contributed by atoms with Crippen LogP contribution in [-0.2, 0) is 9.53 Å². The van der Waals surface area contributed by atoms with Crippen LogP contribution in [0, 0.1) is 0 Å². The number of hydrogen-bond donors (Lipinski definition) is 1. The van der Waals surface area contributed by atoms with Crippen molar-refractivity contribution in [1.82, 2.24) is 5.32 Å². The number of hydrogen-bond acceptors (Lipinski definition) is 3. The van der Waals surface area contributed by atoms with Crippen molar-refractivity contribution in [3.05, 3.63) is 0 Å². The van der Waals surface area contributed by atoms with Gasteiger partial charge >= 0.3 is 12.1 Å². The highest BCUT2D eigenvalue weighted by Crippen LogP contribution is 2.20. The first-order chi connectivity index (χ1) is 7.47. The highest BCUT2D eigenvalue weighted by molar-refractivity contribution is 5.71. The van der Waals surface area contributed by atoms with Gasteiger partial charge in [-0.25, -0.2) is 0 Å². The molecule has 1 fully saturated rings. The van der Waals surface area contributed by atoms with Crippen LogP contribution in [0.15, 0.2) is 0 Å². The Morgan fingerprint density at radius 1 is 1.25 bits per heavy atom. The Hall–Kier alpha value is -0.780. The van der Waals surface area contributed by atoms with Gasteiger partial charge in [0, 0.05) is 0 Å². The maximum Gasteiger partial charge on any atom is 0.401 e. The average Bonchev–Trinajstić information content (AvgIpc) is 2.17. The zero-order valence-electron chi connectivity index (χ0n) is 8.98. The number of esters is 1. The number of alkyl halides is 3. The first-order valence-electron chi connectivity index (χ1n) is 5.44. The van der Waals surface area contributed by atoms with Crippen LogP contribution in [0.25, 0.3) is 0 Å². The van der Waals surface area contributed by atoms with Gasteiger partial charge in [0.15, 0.2) is 0 Å². The summed E-state index contributed by atoms with van der Waals surface area (Å²) in [6, 6.07) is 0. The lowest BCUT2D eigenvalue weighted by atomic mass is 9.98. The molecule has 1 aliphatic carbocycles. The van der Waals surface area contributed by atoms with Gasteiger partial charge in [0.2, 0.25) is 0 Å². The number of nitrogens with one attached hydrogen (secondary N) is 1. The Labute approximate surface area is 92.3 Å². The molecule has 6 heteroatoms. The minimum Gasteiger partial charge on any atom is -0.461 e. The van der Waals surface area contributed by atoms with E-state index in [2.05, 4.69) is 0 Å². The van der Waals surface area contributed by atoms with E-state index in [1.165, 1.54) is 0 Å². The Balaban J connectivity index is 2.10. The van der Waals surface area contributed by atoms with E-state index in [1.54, 1.807) is 0 Å². The van der Waals surface area contributed by atoms with Gasteiger partial charge in [0.25, 0.3) is 0 Å². The van der Waals surface area contributed by atoms with Gasteiger partial charge in [-0.1, -0.05) is 6.42 Å². The minimum atomic E-state index is -4.29. The van der Waals surface area contributed by atoms with Crippen molar-refractivity contribution in [3.63, 3.8) is 0 Å². The molecular formula is C10H16F3NO2. The normalized spacial score (nSPS) is 18.4. The first-order valence-corrected chi connectivity index (χ1v) is 5.44. The SMILES string of the molecule is O=C(CNCC(F)(F)F)OC1CCCCC1. The Morgan fingerprint density at radius 3 is 2.44 bits per heavy atom. The van der Waals surface area contributed by atoms with Crippen molar-refractivity contribution in [2.24, 2.45) is 0 Å². The third-order valence-electron chi connectivity index (χ3n) is 2.45. The molecule has 1 N–H and O–H groups in total. The topological polar surface area (TPSA) is 38.3 Å². The highest BCUT2D eigenvalue weighted by atomic mass is 19.4. The summed E-state index contributed by atoms with van der Waals surface area (Å²) in [6.07, 6.45) is 0.442. The summed E-state index contributed by atoms with van der Waals surface area (Å²) in [4.78, 5) is 11.1. The van der Waals surface area contributed by atoms with Gasteiger partial charge < -0.3 is 4.74 Å². The maximum atomic E-state index is 11.8. The van der Waals surface area contributed by atoms with Gasteiger partial charge in [-0.15, -0.1) is 0 Å². The van der Waals surface area contributed by atoms with Crippen molar-refractivity contribution in [3.8, 4) is 0 Å². The van der Waals surface area contributed by atoms with Gasteiger partial charge in [0.1, 0.15) is 6.10 Å². The molecule has 16 heavy (non-hydrogen) atoms. The number of rotatable bonds is 4. The van der Waals surface area contributed by atoms with Gasteiger partial charge in [-0.3, -0.25) is 10.1 Å². The van der Waals surface area contributed by atoms with Crippen molar-refractivity contribution in [1.29, 1.82) is 0 Å². The monoisotopic (exact) mass is 239 g/mol. The second-order valence-electron chi connectivity index (χ2n) is 3.97. The summed E-state index contributed by atoms with van der Waals surface area (Å²) >= 11 is 0. The second kappa shape index (κ2) is 6.08. The average molecular weight is 239 g/mol. The van der Waals surface area contributed by atoms with Crippen LogP contribution in [0.4, 0.5) is 13.2 Å². The molecule has 94 valence electrons. The van der Waals surface area contributed by atoms with Crippen LogP contribution in [-0.4, -0.2) is 31.3 Å². The number of carbonyl (C=O) groups excluding carboxylic acids is 1. The zero-order chi connectivity index (χ0) is 12.0. The number of halogens is 3. The Kier molecular flexibility index (Phi) is 5.05. The molecule has 0 aliphatic heterocycles. The quantitative estimate of drug-likeness (QED) is 0.763. The van der Waals surface area contributed by atoms with E-state index >= 15 is 0 Å². The second-order valence-corrected chi connectivity index (χ2v) is 3.97. The predicted molar refractivity (Wildman–Crippen MR) is 51.9 cm³/mol. The molecule has 0 radical (unpaired) electrons. The molecule has 0 saturated heterocycles. The van der Waals surface area contributed by atoms with Crippen LogP contribution in [0.5, 0.6) is 0 Å². The summed E-state index contributed by atoms with van der Waals surface area (Å²) in [6.45, 7) is -1.54. The molecule has 0 bridgehead atoms. The van der Waals surface area contributed by atoms with Crippen LogP contribution < -0.4 is 5.32 Å². The van der Waals surface area contributed by atoms with Crippen molar-refractivity contribution < 1.29 is 22.7 Å². The summed E-state index contributed by atoms with van der Waals surface area (Å²) in [5.74, 6) is -0.601. The van der Waals surface area contributed by atoms with Gasteiger partial charge in [-0.05, 0) is 25.7 Å². The van der Waals surface area contributed by atoms with Crippen molar-refractivity contribution in [2.45, 2.75) is 44.4 Å². The van der Waals surface area contributed by atoms with Crippen molar-refractivity contribution in [2.75, 3.05) is 13.1 Å². The molecule has 0 amide bonds. The highest BCUT2D eigenvalue weighted by Gasteiger charge is 2.27. The molecule has 3 nitrogen and oxygen atoms in total. The number of ether oxygens (including phenoxy) is 1. The maximum absolute atomic E-state index is 11.8. The lowest BCUT2D eigenvalue weighted by molar-refractivity contribution is -0.151. The zero-order valence-corrected chi connectivity index (χ0v) is 8.98. The van der Waals surface area contributed by atoms with E-state index in [0.717, 1.165) is 32.1 Å². The largest absolute Gasteiger partial charge is 0.461 e. The summed E-state index contributed by atoms with van der Waals surface area (Å²) in [5, 5.41) is 2.02. The number of carbonyl (C=O) groups is 1. The summed E-state index contributed by atoms with van der Waals surface area (Å²) in [5.41, 5.74) is 0. The third-order valence-corrected chi connectivity index (χ3v) is 2.45. The predicted octanol–water partition coefficient (Wildman–Crippen LogP) is 2.01. The van der Waals surface area contributed by atoms with E-state index in [9.17, 15) is 18.0 Å². The molecule has 0 unspecified atom stereocenters. The molecule has 0 spiro atoms. The molecular weight excluding hydrogens is 223 g/mol. The summed E-state index contributed by atoms with van der Waals surface area (Å²) in [7, 11) is 0. The third kappa shape index (κ3) is 5.95. The molecule has 1 rings (SSSR count). The summed E-state index contributed by atoms with van der Waals surface area (Å²) < 4.78 is 40.3. The molecule has 1 aliphatic rings. The molecule has 0 aromatic carbocycles. The van der Waals surface area contributed by atoms with Gasteiger partial charge in [-0.2, -0.15) is 13.2 Å². The van der Waals surface area contributed by atoms with E-state index in [1.807, 2.05) is 5.32 Å². The van der Waals surface area contributed by atoms with Crippen LogP contribution >= 0.6 is 0 Å². The first kappa shape index (κ1) is 13.3. The van der Waals surface area contributed by atoms with Gasteiger partial charge in [0.05, 0.1) is 13.1 Å². The van der Waals surface area contributed by atoms with Crippen LogP contribution in [0.2, 0.25) is 0 Å². The van der Waals surface area contributed by atoms with E-state index in [4.69, 9.17) is 4.74 Å². The van der Waals surface area contributed by atoms with E-state index in [0.29, 0.717) is 0 Å². The Morgan fingerprint density at radius 2 is 1.88 bits per heavy atom. The fourth-order valence-electron chi connectivity index (χ4n) is 1.72. The van der Waals surface area contributed by atoms with Crippen LogP contribution in [0.1, 0.15) is 32.1 Å². The van der Waals surface area contributed by atoms with E-state index < -0.39 is 18.7 Å². The lowest BCUT2D eigenvalue weighted by Gasteiger charge is -2.21. The fraction of sp³-hybridized carbons (Fsp3) is 0.900. The fourth-order valence-corrected chi connectivity index (χ4v) is 1.72. The minimum absolute atomic E-state index is 0.103. The molecule has 1 saturated carbocycles. The van der Waals surface area contributed by atoms with Crippen LogP contribution in [0.3, 0.4) is 0 Å². The molecule has 0 aromatic rings. The van der Waals surface area contributed by atoms with E-state index in [-0.39, 0.29) is 12.6 Å². The van der Waals surface area contributed by atoms with Crippen molar-refractivity contribution >= 4 is 5.97 Å². The Bertz CT molecular complexity index is 225. The molecule has 0 heterocycles. The lowest BCUT2D eigenvalue weighted by Crippen LogP contribution is -2.35.